The molecule has 1 heterocycles. The third-order valence-corrected chi connectivity index (χ3v) is 6.91. The van der Waals surface area contributed by atoms with Crippen LogP contribution in [0.5, 0.6) is 0 Å². The maximum absolute atomic E-state index is 12.5. The molecule has 1 saturated heterocycles. The molecule has 1 aromatic carbocycles. The van der Waals surface area contributed by atoms with Crippen LogP contribution in [-0.4, -0.2) is 88.5 Å². The number of benzene rings is 1. The fourth-order valence-corrected chi connectivity index (χ4v) is 4.92. The summed E-state index contributed by atoms with van der Waals surface area (Å²) in [6.45, 7) is 9.22. The molecule has 0 bridgehead atoms. The molecular weight excluding hydrogens is 402 g/mol. The summed E-state index contributed by atoms with van der Waals surface area (Å²) in [5, 5.41) is 0. The van der Waals surface area contributed by atoms with Gasteiger partial charge in [0.25, 0.3) is 0 Å². The Hall–Kier alpha value is -2.07. The molecular formula is C26H39N3O3. The van der Waals surface area contributed by atoms with Crippen molar-refractivity contribution in [3.63, 3.8) is 0 Å². The molecule has 176 valence electrons. The van der Waals surface area contributed by atoms with E-state index in [1.54, 1.807) is 0 Å². The summed E-state index contributed by atoms with van der Waals surface area (Å²) in [5.74, 6) is 6.31. The van der Waals surface area contributed by atoms with E-state index in [-0.39, 0.29) is 5.97 Å². The van der Waals surface area contributed by atoms with Crippen molar-refractivity contribution in [2.24, 2.45) is 0 Å². The highest BCUT2D eigenvalue weighted by Crippen LogP contribution is 2.33. The number of carbonyl (C=O) groups excluding carboxylic acids is 1. The number of ether oxygens (including phenoxy) is 2. The zero-order chi connectivity index (χ0) is 23.1. The van der Waals surface area contributed by atoms with Crippen LogP contribution in [0.3, 0.4) is 0 Å². The normalized spacial score (nSPS) is 21.7. The SMILES string of the molecule is CCN(c1cc(C#CCN2CCOCC2)cc(C(=O)OC)c1C)C1CCC(N(C)C)CC1. The van der Waals surface area contributed by atoms with Gasteiger partial charge in [-0.25, -0.2) is 4.79 Å². The van der Waals surface area contributed by atoms with Crippen LogP contribution in [0.2, 0.25) is 0 Å². The van der Waals surface area contributed by atoms with E-state index in [1.165, 1.54) is 20.0 Å². The minimum Gasteiger partial charge on any atom is -0.465 e. The molecule has 6 nitrogen and oxygen atoms in total. The van der Waals surface area contributed by atoms with Crippen molar-refractivity contribution in [2.45, 2.75) is 51.6 Å². The molecule has 1 aliphatic carbocycles. The van der Waals surface area contributed by atoms with Gasteiger partial charge in [0, 0.05) is 43.0 Å². The maximum Gasteiger partial charge on any atom is 0.338 e. The average Bonchev–Trinajstić information content (AvgIpc) is 2.81. The number of methoxy groups -OCH3 is 1. The Balaban J connectivity index is 1.86. The van der Waals surface area contributed by atoms with Gasteiger partial charge in [0.2, 0.25) is 0 Å². The van der Waals surface area contributed by atoms with Gasteiger partial charge in [-0.2, -0.15) is 0 Å². The predicted octanol–water partition coefficient (Wildman–Crippen LogP) is 3.16. The van der Waals surface area contributed by atoms with E-state index in [0.29, 0.717) is 24.2 Å². The number of rotatable bonds is 6. The molecule has 0 aromatic heterocycles. The summed E-state index contributed by atoms with van der Waals surface area (Å²) in [6, 6.07) is 5.19. The summed E-state index contributed by atoms with van der Waals surface area (Å²) in [6.07, 6.45) is 4.74. The van der Waals surface area contributed by atoms with E-state index >= 15 is 0 Å². The Labute approximate surface area is 193 Å². The molecule has 0 spiro atoms. The quantitative estimate of drug-likeness (QED) is 0.499. The number of nitrogens with zero attached hydrogens (tertiary/aromatic N) is 3. The highest BCUT2D eigenvalue weighted by atomic mass is 16.5. The zero-order valence-corrected chi connectivity index (χ0v) is 20.4. The summed E-state index contributed by atoms with van der Waals surface area (Å²) < 4.78 is 10.5. The van der Waals surface area contributed by atoms with Crippen LogP contribution in [0.1, 0.15) is 54.1 Å². The van der Waals surface area contributed by atoms with Crippen molar-refractivity contribution in [3.05, 3.63) is 28.8 Å². The van der Waals surface area contributed by atoms with E-state index in [9.17, 15) is 4.79 Å². The van der Waals surface area contributed by atoms with E-state index in [1.807, 2.05) is 13.0 Å². The van der Waals surface area contributed by atoms with Gasteiger partial charge in [0.15, 0.2) is 0 Å². The second-order valence-electron chi connectivity index (χ2n) is 9.06. The van der Waals surface area contributed by atoms with Gasteiger partial charge < -0.3 is 19.3 Å². The van der Waals surface area contributed by atoms with E-state index in [2.05, 4.69) is 53.6 Å². The Morgan fingerprint density at radius 3 is 2.41 bits per heavy atom. The van der Waals surface area contributed by atoms with Gasteiger partial charge in [-0.05, 0) is 71.3 Å². The molecule has 0 N–H and O–H groups in total. The van der Waals surface area contributed by atoms with Crippen molar-refractivity contribution in [2.75, 3.05) is 65.5 Å². The van der Waals surface area contributed by atoms with Crippen LogP contribution in [-0.2, 0) is 9.47 Å². The van der Waals surface area contributed by atoms with Crippen LogP contribution in [0.25, 0.3) is 0 Å². The maximum atomic E-state index is 12.5. The minimum absolute atomic E-state index is 0.298. The predicted molar refractivity (Wildman–Crippen MR) is 129 cm³/mol. The van der Waals surface area contributed by atoms with Gasteiger partial charge >= 0.3 is 5.97 Å². The van der Waals surface area contributed by atoms with E-state index in [0.717, 1.165) is 62.5 Å². The molecule has 2 fully saturated rings. The molecule has 0 amide bonds. The highest BCUT2D eigenvalue weighted by molar-refractivity contribution is 5.93. The van der Waals surface area contributed by atoms with E-state index < -0.39 is 0 Å². The van der Waals surface area contributed by atoms with Crippen molar-refractivity contribution >= 4 is 11.7 Å². The van der Waals surface area contributed by atoms with Crippen LogP contribution in [0, 0.1) is 18.8 Å². The zero-order valence-electron chi connectivity index (χ0n) is 20.4. The third-order valence-electron chi connectivity index (χ3n) is 6.91. The Bertz CT molecular complexity index is 829. The first-order valence-electron chi connectivity index (χ1n) is 11.9. The second kappa shape index (κ2) is 11.7. The molecule has 3 rings (SSSR count). The molecule has 0 atom stereocenters. The first-order chi connectivity index (χ1) is 15.4. The van der Waals surface area contributed by atoms with Gasteiger partial charge in [-0.3, -0.25) is 4.90 Å². The molecule has 0 radical (unpaired) electrons. The van der Waals surface area contributed by atoms with Crippen LogP contribution >= 0.6 is 0 Å². The van der Waals surface area contributed by atoms with Gasteiger partial charge in [-0.1, -0.05) is 11.8 Å². The summed E-state index contributed by atoms with van der Waals surface area (Å²) in [7, 11) is 5.79. The largest absolute Gasteiger partial charge is 0.465 e. The fourth-order valence-electron chi connectivity index (χ4n) is 4.92. The Morgan fingerprint density at radius 2 is 1.81 bits per heavy atom. The summed E-state index contributed by atoms with van der Waals surface area (Å²) in [4.78, 5) is 19.7. The lowest BCUT2D eigenvalue weighted by molar-refractivity contribution is 0.0443. The monoisotopic (exact) mass is 441 g/mol. The highest BCUT2D eigenvalue weighted by Gasteiger charge is 2.28. The second-order valence-corrected chi connectivity index (χ2v) is 9.06. The fraction of sp³-hybridized carbons (Fsp3) is 0.654. The van der Waals surface area contributed by atoms with Crippen LogP contribution in [0.15, 0.2) is 12.1 Å². The topological polar surface area (TPSA) is 45.3 Å². The number of esters is 1. The molecule has 32 heavy (non-hydrogen) atoms. The molecule has 2 aliphatic rings. The third kappa shape index (κ3) is 6.04. The smallest absolute Gasteiger partial charge is 0.338 e. The van der Waals surface area contributed by atoms with Crippen LogP contribution < -0.4 is 4.90 Å². The minimum atomic E-state index is -0.298. The lowest BCUT2D eigenvalue weighted by atomic mass is 9.88. The lowest BCUT2D eigenvalue weighted by Gasteiger charge is -2.40. The molecule has 1 aliphatic heterocycles. The molecule has 1 aromatic rings. The van der Waals surface area contributed by atoms with Gasteiger partial charge in [0.05, 0.1) is 32.4 Å². The number of hydrogen-bond donors (Lipinski definition) is 0. The number of morpholine rings is 1. The van der Waals surface area contributed by atoms with Crippen molar-refractivity contribution in [1.29, 1.82) is 0 Å². The lowest BCUT2D eigenvalue weighted by Crippen LogP contribution is -2.42. The molecule has 1 saturated carbocycles. The summed E-state index contributed by atoms with van der Waals surface area (Å²) in [5.41, 5.74) is 3.58. The van der Waals surface area contributed by atoms with Crippen molar-refractivity contribution in [3.8, 4) is 11.8 Å². The number of carbonyl (C=O) groups is 1. The molecule has 0 unspecified atom stereocenters. The number of anilines is 1. The van der Waals surface area contributed by atoms with Gasteiger partial charge in [-0.15, -0.1) is 0 Å². The standard InChI is InChI=1S/C26H39N3O3/c1-6-29(23-11-9-22(10-12-23)27(3)4)25-19-21(18-24(20(25)2)26(30)31-5)8-7-13-28-14-16-32-17-15-28/h18-19,22-23H,6,9-17H2,1-5H3. The molecule has 6 heteroatoms. The summed E-state index contributed by atoms with van der Waals surface area (Å²) >= 11 is 0. The van der Waals surface area contributed by atoms with Crippen LogP contribution in [0.4, 0.5) is 5.69 Å². The average molecular weight is 442 g/mol. The Morgan fingerprint density at radius 1 is 1.16 bits per heavy atom. The van der Waals surface area contributed by atoms with Gasteiger partial charge in [0.1, 0.15) is 0 Å². The van der Waals surface area contributed by atoms with Crippen molar-refractivity contribution in [1.82, 2.24) is 9.80 Å². The van der Waals surface area contributed by atoms with Crippen molar-refractivity contribution < 1.29 is 14.3 Å². The van der Waals surface area contributed by atoms with E-state index in [4.69, 9.17) is 9.47 Å². The first kappa shape index (κ1) is 24.6. The Kier molecular flexibility index (Phi) is 8.98. The first-order valence-corrected chi connectivity index (χ1v) is 11.9. The number of hydrogen-bond acceptors (Lipinski definition) is 6.